The van der Waals surface area contributed by atoms with Crippen molar-refractivity contribution in [2.75, 3.05) is 5.32 Å². The van der Waals surface area contributed by atoms with Crippen molar-refractivity contribution in [2.45, 2.75) is 0 Å². The van der Waals surface area contributed by atoms with Gasteiger partial charge in [-0.15, -0.1) is 0 Å². The minimum atomic E-state index is -0.114. The molecule has 3 heterocycles. The summed E-state index contributed by atoms with van der Waals surface area (Å²) < 4.78 is 0. The van der Waals surface area contributed by atoms with E-state index in [4.69, 9.17) is 0 Å². The molecule has 112 valence electrons. The lowest BCUT2D eigenvalue weighted by atomic mass is 10.0. The van der Waals surface area contributed by atoms with Gasteiger partial charge in [-0.3, -0.25) is 9.79 Å². The molecular formula is C18H14N4O. The molecule has 0 aliphatic carbocycles. The van der Waals surface area contributed by atoms with Gasteiger partial charge in [0.1, 0.15) is 0 Å². The van der Waals surface area contributed by atoms with Gasteiger partial charge >= 0.3 is 0 Å². The third-order valence-corrected chi connectivity index (χ3v) is 3.69. The van der Waals surface area contributed by atoms with E-state index in [2.05, 4.69) is 20.3 Å². The minimum Gasteiger partial charge on any atom is -0.362 e. The molecule has 0 radical (unpaired) electrons. The molecular weight excluding hydrogens is 288 g/mol. The molecule has 1 aliphatic rings. The van der Waals surface area contributed by atoms with Gasteiger partial charge in [0, 0.05) is 23.7 Å². The number of carbonyl (C=O) groups is 1. The predicted octanol–water partition coefficient (Wildman–Crippen LogP) is 3.59. The van der Waals surface area contributed by atoms with Crippen LogP contribution in [0.1, 0.15) is 17.0 Å². The van der Waals surface area contributed by atoms with E-state index < -0.39 is 0 Å². The molecule has 0 spiro atoms. The van der Waals surface area contributed by atoms with Crippen LogP contribution in [-0.2, 0) is 4.79 Å². The van der Waals surface area contributed by atoms with E-state index in [1.165, 1.54) is 0 Å². The number of benzene rings is 1. The molecule has 5 heteroatoms. The van der Waals surface area contributed by atoms with Crippen molar-refractivity contribution in [3.8, 4) is 0 Å². The molecule has 0 bridgehead atoms. The summed E-state index contributed by atoms with van der Waals surface area (Å²) in [6, 6.07) is 13.3. The second kappa shape index (κ2) is 5.46. The number of rotatable bonds is 3. The maximum Gasteiger partial charge on any atom is 0.256 e. The fraction of sp³-hybridized carbons (Fsp3) is 0. The van der Waals surface area contributed by atoms with Crippen LogP contribution in [0.25, 0.3) is 11.6 Å². The van der Waals surface area contributed by atoms with Crippen LogP contribution in [0.4, 0.5) is 11.4 Å². The molecule has 0 saturated carbocycles. The summed E-state index contributed by atoms with van der Waals surface area (Å²) in [5.74, 6) is -0.114. The number of anilines is 1. The second-order valence-corrected chi connectivity index (χ2v) is 5.22. The number of fused-ring (bicyclic) bond motifs is 1. The first-order valence-electron chi connectivity index (χ1n) is 7.28. The normalized spacial score (nSPS) is 15.3. The summed E-state index contributed by atoms with van der Waals surface area (Å²) in [4.78, 5) is 23.0. The van der Waals surface area contributed by atoms with Crippen LogP contribution < -0.4 is 5.32 Å². The van der Waals surface area contributed by atoms with Crippen molar-refractivity contribution in [2.24, 2.45) is 4.99 Å². The van der Waals surface area contributed by atoms with Crippen LogP contribution in [0, 0.1) is 0 Å². The average molecular weight is 302 g/mol. The van der Waals surface area contributed by atoms with Gasteiger partial charge in [0.25, 0.3) is 5.91 Å². The molecule has 4 rings (SSSR count). The zero-order chi connectivity index (χ0) is 15.6. The zero-order valence-corrected chi connectivity index (χ0v) is 12.2. The monoisotopic (exact) mass is 302 g/mol. The maximum absolute atomic E-state index is 12.3. The number of H-pyrrole nitrogens is 2. The van der Waals surface area contributed by atoms with Crippen molar-refractivity contribution in [1.82, 2.24) is 9.97 Å². The fourth-order valence-electron chi connectivity index (χ4n) is 2.63. The number of nitrogens with one attached hydrogen (secondary N) is 3. The van der Waals surface area contributed by atoms with E-state index in [9.17, 15) is 4.79 Å². The highest BCUT2D eigenvalue weighted by Crippen LogP contribution is 2.39. The molecule has 0 saturated heterocycles. The summed E-state index contributed by atoms with van der Waals surface area (Å²) in [6.45, 7) is 0. The van der Waals surface area contributed by atoms with Crippen molar-refractivity contribution in [3.05, 3.63) is 71.8 Å². The molecule has 3 aromatic rings. The summed E-state index contributed by atoms with van der Waals surface area (Å²) in [7, 11) is 0. The Labute approximate surface area is 132 Å². The number of nitrogens with zero attached hydrogens (tertiary/aromatic N) is 1. The van der Waals surface area contributed by atoms with Crippen molar-refractivity contribution < 1.29 is 4.79 Å². The lowest BCUT2D eigenvalue weighted by Crippen LogP contribution is -2.03. The van der Waals surface area contributed by atoms with E-state index in [0.717, 1.165) is 28.3 Å². The minimum absolute atomic E-state index is 0.114. The summed E-state index contributed by atoms with van der Waals surface area (Å²) in [6.07, 6.45) is 7.27. The lowest BCUT2D eigenvalue weighted by Gasteiger charge is -2.03. The molecule has 1 aromatic carbocycles. The van der Waals surface area contributed by atoms with Gasteiger partial charge in [-0.05, 0) is 42.5 Å². The number of hydrogen-bond donors (Lipinski definition) is 3. The van der Waals surface area contributed by atoms with Crippen molar-refractivity contribution >= 4 is 35.1 Å². The van der Waals surface area contributed by atoms with Crippen LogP contribution in [0.15, 0.2) is 59.9 Å². The van der Waals surface area contributed by atoms with Crippen LogP contribution in [0.2, 0.25) is 0 Å². The summed E-state index contributed by atoms with van der Waals surface area (Å²) >= 11 is 0. The van der Waals surface area contributed by atoms with Gasteiger partial charge in [-0.1, -0.05) is 6.07 Å². The standard InChI is InChI=1S/C18H14N4O/c23-18-14(10-12-4-2-8-19-12)17-15(6-1-7-16(17)22-18)21-11-13-5-3-9-20-13/h1-11,19-20H,(H,22,23)/b14-10-,21-11+. The predicted molar refractivity (Wildman–Crippen MR) is 91.8 cm³/mol. The molecule has 23 heavy (non-hydrogen) atoms. The Morgan fingerprint density at radius 2 is 1.70 bits per heavy atom. The molecule has 1 amide bonds. The van der Waals surface area contributed by atoms with Gasteiger partial charge in [0.05, 0.1) is 28.9 Å². The van der Waals surface area contributed by atoms with E-state index in [1.54, 1.807) is 6.21 Å². The largest absolute Gasteiger partial charge is 0.362 e. The molecule has 1 aliphatic heterocycles. The first-order valence-corrected chi connectivity index (χ1v) is 7.28. The smallest absolute Gasteiger partial charge is 0.256 e. The highest BCUT2D eigenvalue weighted by atomic mass is 16.2. The highest BCUT2D eigenvalue weighted by molar-refractivity contribution is 6.36. The quantitative estimate of drug-likeness (QED) is 0.502. The molecule has 3 N–H and O–H groups in total. The van der Waals surface area contributed by atoms with Gasteiger partial charge in [0.15, 0.2) is 0 Å². The zero-order valence-electron chi connectivity index (χ0n) is 12.2. The second-order valence-electron chi connectivity index (χ2n) is 5.22. The maximum atomic E-state index is 12.3. The topological polar surface area (TPSA) is 73.0 Å². The first kappa shape index (κ1) is 13.3. The molecule has 2 aromatic heterocycles. The van der Waals surface area contributed by atoms with Gasteiger partial charge < -0.3 is 15.3 Å². The van der Waals surface area contributed by atoms with Crippen LogP contribution in [-0.4, -0.2) is 22.1 Å². The summed E-state index contributed by atoms with van der Waals surface area (Å²) in [5.41, 5.74) is 4.78. The number of carbonyl (C=O) groups excluding carboxylic acids is 1. The Morgan fingerprint density at radius 3 is 2.43 bits per heavy atom. The molecule has 0 unspecified atom stereocenters. The number of aromatic nitrogens is 2. The van der Waals surface area contributed by atoms with Gasteiger partial charge in [-0.2, -0.15) is 0 Å². The Morgan fingerprint density at radius 1 is 0.913 bits per heavy atom. The van der Waals surface area contributed by atoms with E-state index >= 15 is 0 Å². The fourth-order valence-corrected chi connectivity index (χ4v) is 2.63. The van der Waals surface area contributed by atoms with Crippen LogP contribution in [0.3, 0.4) is 0 Å². The van der Waals surface area contributed by atoms with Crippen molar-refractivity contribution in [1.29, 1.82) is 0 Å². The van der Waals surface area contributed by atoms with E-state index in [0.29, 0.717) is 5.57 Å². The average Bonchev–Trinajstić information content (AvgIpc) is 3.28. The Hall–Kier alpha value is -3.34. The first-order chi connectivity index (χ1) is 11.3. The molecule has 0 atom stereocenters. The third-order valence-electron chi connectivity index (χ3n) is 3.69. The highest BCUT2D eigenvalue weighted by Gasteiger charge is 2.26. The summed E-state index contributed by atoms with van der Waals surface area (Å²) in [5, 5.41) is 2.89. The Balaban J connectivity index is 1.80. The third kappa shape index (κ3) is 2.48. The van der Waals surface area contributed by atoms with Gasteiger partial charge in [0.2, 0.25) is 0 Å². The Bertz CT molecular complexity index is 903. The van der Waals surface area contributed by atoms with Crippen molar-refractivity contribution in [3.63, 3.8) is 0 Å². The number of hydrogen-bond acceptors (Lipinski definition) is 2. The lowest BCUT2D eigenvalue weighted by molar-refractivity contribution is -0.110. The number of aromatic amines is 2. The number of amides is 1. The SMILES string of the molecule is O=C1Nc2cccc(/N=C/c3ccc[nH]3)c2/C1=C/c1ccc[nH]1. The number of aliphatic imine (C=N–C) groups is 1. The molecule has 5 nitrogen and oxygen atoms in total. The van der Waals surface area contributed by atoms with Gasteiger partial charge in [-0.25, -0.2) is 0 Å². The van der Waals surface area contributed by atoms with Crippen LogP contribution in [0.5, 0.6) is 0 Å². The van der Waals surface area contributed by atoms with E-state index in [1.807, 2.05) is 60.9 Å². The molecule has 0 fully saturated rings. The van der Waals surface area contributed by atoms with E-state index in [-0.39, 0.29) is 5.91 Å². The van der Waals surface area contributed by atoms with Crippen LogP contribution >= 0.6 is 0 Å². The Kier molecular flexibility index (Phi) is 3.16.